The summed E-state index contributed by atoms with van der Waals surface area (Å²) in [4.78, 5) is 22.7. The van der Waals surface area contributed by atoms with E-state index in [1.54, 1.807) is 0 Å². The van der Waals surface area contributed by atoms with E-state index in [0.717, 1.165) is 61.6 Å². The number of esters is 2. The van der Waals surface area contributed by atoms with Gasteiger partial charge in [0, 0.05) is 6.92 Å². The zero-order valence-electron chi connectivity index (χ0n) is 25.2. The van der Waals surface area contributed by atoms with Crippen molar-refractivity contribution < 1.29 is 23.8 Å². The van der Waals surface area contributed by atoms with Crippen LogP contribution < -0.4 is 4.74 Å². The van der Waals surface area contributed by atoms with Crippen molar-refractivity contribution in [1.82, 2.24) is 0 Å². The second-order valence-electron chi connectivity index (χ2n) is 12.2. The molecule has 7 heteroatoms. The summed E-state index contributed by atoms with van der Waals surface area (Å²) in [6, 6.07) is 17.3. The third-order valence-electron chi connectivity index (χ3n) is 8.92. The third kappa shape index (κ3) is 9.37. The lowest BCUT2D eigenvalue weighted by Crippen LogP contribution is -2.22. The first kappa shape index (κ1) is 30.7. The highest BCUT2D eigenvalue weighted by Gasteiger charge is 2.40. The Morgan fingerprint density at radius 2 is 1.35 bits per heavy atom. The van der Waals surface area contributed by atoms with Crippen LogP contribution in [0, 0.1) is 35.5 Å². The number of rotatable bonds is 13. The fourth-order valence-electron chi connectivity index (χ4n) is 6.61. The number of azo groups is 1. The Morgan fingerprint density at radius 3 is 1.95 bits per heavy atom. The Labute approximate surface area is 255 Å². The lowest BCUT2D eigenvalue weighted by Gasteiger charge is -2.16. The molecule has 2 aromatic rings. The standard InChI is InChI=1S/C26H30N2O3.C10H14O2/c29-26(25-19-20-10-11-21(25)18-20)31-17-7-2-1-6-16-30-24-14-12-23(13-15-24)28-27-22-8-4-3-5-9-22;1-7(11)12-6-10-5-8-2-3-9(10)4-8/h3-5,8-15,20-21,25H,1-2,6-7,16-19H2;2-3,8-10H,4-6H2,1H3. The number of unbranched alkanes of at least 4 members (excludes halogenated alkanes) is 3. The fraction of sp³-hybridized carbons (Fsp3) is 0.500. The molecule has 0 amide bonds. The molecular weight excluding hydrogens is 540 g/mol. The first-order valence-corrected chi connectivity index (χ1v) is 15.9. The number of ether oxygens (including phenoxy) is 3. The number of carbonyl (C=O) groups excluding carboxylic acids is 2. The van der Waals surface area contributed by atoms with Crippen LogP contribution in [-0.4, -0.2) is 31.8 Å². The van der Waals surface area contributed by atoms with Gasteiger partial charge in [0.05, 0.1) is 37.1 Å². The van der Waals surface area contributed by atoms with Gasteiger partial charge in [-0.3, -0.25) is 9.59 Å². The number of fused-ring (bicyclic) bond motifs is 4. The number of benzene rings is 2. The van der Waals surface area contributed by atoms with E-state index in [0.29, 0.717) is 43.5 Å². The SMILES string of the molecule is CC(=O)OCC1CC2C=CC1C2.O=C(OCCCCCCOc1ccc(N=Nc2ccccc2)cc1)C1CC2C=CC1C2. The average Bonchev–Trinajstić information content (AvgIpc) is 3.85. The largest absolute Gasteiger partial charge is 0.494 e. The molecule has 2 fully saturated rings. The van der Waals surface area contributed by atoms with Crippen molar-refractivity contribution in [1.29, 1.82) is 0 Å². The van der Waals surface area contributed by atoms with Gasteiger partial charge < -0.3 is 14.2 Å². The summed E-state index contributed by atoms with van der Waals surface area (Å²) in [5, 5.41) is 8.44. The molecule has 7 nitrogen and oxygen atoms in total. The van der Waals surface area contributed by atoms with E-state index >= 15 is 0 Å². The molecule has 2 saturated carbocycles. The van der Waals surface area contributed by atoms with Gasteiger partial charge in [-0.15, -0.1) is 0 Å². The molecule has 0 spiro atoms. The molecule has 0 aromatic heterocycles. The highest BCUT2D eigenvalue weighted by Crippen LogP contribution is 2.44. The molecule has 4 bridgehead atoms. The Balaban J connectivity index is 0.000000255. The normalized spacial score (nSPS) is 26.0. The summed E-state index contributed by atoms with van der Waals surface area (Å²) in [5.74, 6) is 3.90. The van der Waals surface area contributed by atoms with Gasteiger partial charge in [0.15, 0.2) is 0 Å². The zero-order valence-corrected chi connectivity index (χ0v) is 25.2. The minimum Gasteiger partial charge on any atom is -0.494 e. The molecule has 0 N–H and O–H groups in total. The van der Waals surface area contributed by atoms with E-state index in [9.17, 15) is 9.59 Å². The Hall–Kier alpha value is -3.74. The van der Waals surface area contributed by atoms with Gasteiger partial charge in [0.1, 0.15) is 5.75 Å². The molecule has 6 unspecified atom stereocenters. The molecule has 228 valence electrons. The maximum atomic E-state index is 12.2. The molecule has 0 saturated heterocycles. The number of hydrogen-bond acceptors (Lipinski definition) is 7. The highest BCUT2D eigenvalue weighted by molar-refractivity contribution is 5.74. The molecule has 0 radical (unpaired) electrons. The third-order valence-corrected chi connectivity index (χ3v) is 8.92. The van der Waals surface area contributed by atoms with E-state index in [4.69, 9.17) is 14.2 Å². The van der Waals surface area contributed by atoms with E-state index in [1.807, 2.05) is 54.6 Å². The van der Waals surface area contributed by atoms with Crippen LogP contribution >= 0.6 is 0 Å². The lowest BCUT2D eigenvalue weighted by atomic mass is 9.94. The lowest BCUT2D eigenvalue weighted by molar-refractivity contribution is -0.149. The molecule has 4 aliphatic carbocycles. The van der Waals surface area contributed by atoms with E-state index < -0.39 is 0 Å². The van der Waals surface area contributed by atoms with Crippen LogP contribution in [0.5, 0.6) is 5.75 Å². The second-order valence-corrected chi connectivity index (χ2v) is 12.2. The highest BCUT2D eigenvalue weighted by atomic mass is 16.5. The summed E-state index contributed by atoms with van der Waals surface area (Å²) in [7, 11) is 0. The van der Waals surface area contributed by atoms with Crippen LogP contribution in [0.25, 0.3) is 0 Å². The fourth-order valence-corrected chi connectivity index (χ4v) is 6.61. The first-order chi connectivity index (χ1) is 21.0. The number of nitrogens with zero attached hydrogens (tertiary/aromatic N) is 2. The molecule has 0 aliphatic heterocycles. The second kappa shape index (κ2) is 15.6. The summed E-state index contributed by atoms with van der Waals surface area (Å²) in [6.45, 7) is 3.32. The number of carbonyl (C=O) groups is 2. The molecule has 2 aromatic carbocycles. The van der Waals surface area contributed by atoms with Gasteiger partial charge >= 0.3 is 11.9 Å². The van der Waals surface area contributed by atoms with Gasteiger partial charge in [0.2, 0.25) is 0 Å². The smallest absolute Gasteiger partial charge is 0.309 e. The Bertz CT molecular complexity index is 1270. The van der Waals surface area contributed by atoms with Crippen LogP contribution in [0.4, 0.5) is 11.4 Å². The summed E-state index contributed by atoms with van der Waals surface area (Å²) >= 11 is 0. The molecule has 43 heavy (non-hydrogen) atoms. The average molecular weight is 585 g/mol. The Morgan fingerprint density at radius 1 is 0.698 bits per heavy atom. The maximum Gasteiger partial charge on any atom is 0.309 e. The van der Waals surface area contributed by atoms with E-state index in [2.05, 4.69) is 34.5 Å². The van der Waals surface area contributed by atoms with Gasteiger partial charge in [0.25, 0.3) is 0 Å². The van der Waals surface area contributed by atoms with Crippen molar-refractivity contribution in [2.75, 3.05) is 19.8 Å². The van der Waals surface area contributed by atoms with E-state index in [-0.39, 0.29) is 17.9 Å². The topological polar surface area (TPSA) is 86.6 Å². The van der Waals surface area contributed by atoms with Gasteiger partial charge in [-0.1, -0.05) is 42.5 Å². The summed E-state index contributed by atoms with van der Waals surface area (Å²) in [5.41, 5.74) is 1.63. The van der Waals surface area contributed by atoms with Crippen LogP contribution in [0.2, 0.25) is 0 Å². The van der Waals surface area contributed by atoms with Gasteiger partial charge in [-0.2, -0.15) is 10.2 Å². The van der Waals surface area contributed by atoms with Crippen molar-refractivity contribution in [2.24, 2.45) is 45.7 Å². The number of allylic oxidation sites excluding steroid dienone is 4. The first-order valence-electron chi connectivity index (χ1n) is 15.9. The van der Waals surface area contributed by atoms with Crippen molar-refractivity contribution >= 4 is 23.3 Å². The van der Waals surface area contributed by atoms with Crippen LogP contribution in [0.3, 0.4) is 0 Å². The summed E-state index contributed by atoms with van der Waals surface area (Å²) < 4.78 is 16.3. The Kier molecular flexibility index (Phi) is 11.2. The van der Waals surface area contributed by atoms with E-state index in [1.165, 1.54) is 19.8 Å². The molecular formula is C36H44N2O5. The minimum absolute atomic E-state index is 0.00642. The van der Waals surface area contributed by atoms with Crippen molar-refractivity contribution in [3.05, 3.63) is 78.9 Å². The predicted octanol–water partition coefficient (Wildman–Crippen LogP) is 8.56. The molecule has 6 rings (SSSR count). The minimum atomic E-state index is -0.151. The maximum absolute atomic E-state index is 12.2. The zero-order chi connectivity index (χ0) is 29.9. The van der Waals surface area contributed by atoms with Crippen LogP contribution in [0.1, 0.15) is 58.3 Å². The van der Waals surface area contributed by atoms with Crippen LogP contribution in [-0.2, 0) is 19.1 Å². The quantitative estimate of drug-likeness (QED) is 0.102. The van der Waals surface area contributed by atoms with Gasteiger partial charge in [-0.05, 0) is 117 Å². The van der Waals surface area contributed by atoms with Crippen molar-refractivity contribution in [3.8, 4) is 5.75 Å². The molecule has 4 aliphatic rings. The van der Waals surface area contributed by atoms with Crippen molar-refractivity contribution in [2.45, 2.75) is 58.3 Å². The molecule has 6 atom stereocenters. The predicted molar refractivity (Wildman–Crippen MR) is 166 cm³/mol. The van der Waals surface area contributed by atoms with Gasteiger partial charge in [-0.25, -0.2) is 0 Å². The summed E-state index contributed by atoms with van der Waals surface area (Å²) in [6.07, 6.45) is 17.7. The monoisotopic (exact) mass is 584 g/mol. The molecule has 0 heterocycles. The number of hydrogen-bond donors (Lipinski definition) is 0. The van der Waals surface area contributed by atoms with Crippen LogP contribution in [0.15, 0.2) is 89.1 Å². The van der Waals surface area contributed by atoms with Crippen molar-refractivity contribution in [3.63, 3.8) is 0 Å².